The van der Waals surface area contributed by atoms with Crippen molar-refractivity contribution in [3.8, 4) is 11.8 Å². The number of nitrogens with zero attached hydrogens (tertiary/aromatic N) is 3. The lowest BCUT2D eigenvalue weighted by molar-refractivity contribution is -0.140. The molecule has 1 saturated heterocycles. The van der Waals surface area contributed by atoms with Gasteiger partial charge in [0.1, 0.15) is 0 Å². The molecule has 1 unspecified atom stereocenters. The van der Waals surface area contributed by atoms with Crippen LogP contribution < -0.4 is 14.4 Å². The van der Waals surface area contributed by atoms with Crippen LogP contribution in [0.1, 0.15) is 6.42 Å². The maximum absolute atomic E-state index is 10.9. The summed E-state index contributed by atoms with van der Waals surface area (Å²) in [6.45, 7) is 1.03. The molecule has 1 N–H and O–H groups in total. The quantitative estimate of drug-likeness (QED) is 0.831. The molecule has 1 fully saturated rings. The van der Waals surface area contributed by atoms with Crippen molar-refractivity contribution in [2.45, 2.75) is 6.42 Å². The Morgan fingerprint density at radius 3 is 2.44 bits per heavy atom. The normalized spacial score (nSPS) is 18.8. The molecule has 98 valence electrons. The van der Waals surface area contributed by atoms with Gasteiger partial charge in [-0.25, -0.2) is 0 Å². The number of hydrogen-bond acceptors (Lipinski definition) is 6. The highest BCUT2D eigenvalue weighted by molar-refractivity contribution is 5.71. The van der Waals surface area contributed by atoms with Gasteiger partial charge in [-0.2, -0.15) is 9.97 Å². The molecule has 1 aromatic heterocycles. The first-order chi connectivity index (χ1) is 8.63. The number of anilines is 1. The third-order valence-electron chi connectivity index (χ3n) is 2.91. The van der Waals surface area contributed by atoms with Crippen LogP contribution in [0.3, 0.4) is 0 Å². The van der Waals surface area contributed by atoms with Gasteiger partial charge < -0.3 is 19.5 Å². The standard InChI is InChI=1S/C11H15N3O4/c1-17-8-5-9(18-2)13-11(12-8)14-4-3-7(6-14)10(15)16/h5,7H,3-4,6H2,1-2H3,(H,15,16). The number of carbonyl (C=O) groups is 1. The molecule has 0 aromatic carbocycles. The SMILES string of the molecule is COc1cc(OC)nc(N2CCC(C(=O)O)C2)n1. The topological polar surface area (TPSA) is 84.8 Å². The first-order valence-electron chi connectivity index (χ1n) is 5.59. The second kappa shape index (κ2) is 5.07. The van der Waals surface area contributed by atoms with E-state index in [1.54, 1.807) is 6.07 Å². The van der Waals surface area contributed by atoms with Gasteiger partial charge in [0.2, 0.25) is 17.7 Å². The Kier molecular flexibility index (Phi) is 3.50. The van der Waals surface area contributed by atoms with E-state index in [1.165, 1.54) is 14.2 Å². The summed E-state index contributed by atoms with van der Waals surface area (Å²) < 4.78 is 10.1. The number of ether oxygens (including phenoxy) is 2. The van der Waals surface area contributed by atoms with Gasteiger partial charge in [0.25, 0.3) is 0 Å². The molecule has 0 saturated carbocycles. The van der Waals surface area contributed by atoms with Crippen LogP contribution in [0.5, 0.6) is 11.8 Å². The first-order valence-corrected chi connectivity index (χ1v) is 5.59. The molecule has 7 heteroatoms. The lowest BCUT2D eigenvalue weighted by Crippen LogP contribution is -2.24. The molecule has 1 atom stereocenters. The first kappa shape index (κ1) is 12.4. The molecule has 7 nitrogen and oxygen atoms in total. The van der Waals surface area contributed by atoms with Crippen molar-refractivity contribution in [3.05, 3.63) is 6.07 Å². The van der Waals surface area contributed by atoms with Crippen LogP contribution in [-0.2, 0) is 4.79 Å². The van der Waals surface area contributed by atoms with E-state index in [1.807, 2.05) is 4.90 Å². The third-order valence-corrected chi connectivity index (χ3v) is 2.91. The zero-order chi connectivity index (χ0) is 13.1. The highest BCUT2D eigenvalue weighted by Crippen LogP contribution is 2.25. The predicted molar refractivity (Wildman–Crippen MR) is 63.1 cm³/mol. The summed E-state index contributed by atoms with van der Waals surface area (Å²) in [7, 11) is 3.02. The maximum atomic E-state index is 10.9. The molecule has 1 aromatic rings. The van der Waals surface area contributed by atoms with Crippen LogP contribution >= 0.6 is 0 Å². The van der Waals surface area contributed by atoms with Gasteiger partial charge >= 0.3 is 5.97 Å². The monoisotopic (exact) mass is 253 g/mol. The number of carboxylic acid groups (broad SMARTS) is 1. The van der Waals surface area contributed by atoms with Crippen molar-refractivity contribution in [2.75, 3.05) is 32.2 Å². The van der Waals surface area contributed by atoms with E-state index >= 15 is 0 Å². The zero-order valence-corrected chi connectivity index (χ0v) is 10.3. The van der Waals surface area contributed by atoms with Gasteiger partial charge in [0.05, 0.1) is 26.2 Å². The van der Waals surface area contributed by atoms with Gasteiger partial charge in [0, 0.05) is 13.1 Å². The van der Waals surface area contributed by atoms with Crippen LogP contribution in [-0.4, -0.2) is 48.4 Å². The lowest BCUT2D eigenvalue weighted by atomic mass is 10.1. The van der Waals surface area contributed by atoms with E-state index in [2.05, 4.69) is 9.97 Å². The maximum Gasteiger partial charge on any atom is 0.308 e. The smallest absolute Gasteiger partial charge is 0.308 e. The zero-order valence-electron chi connectivity index (χ0n) is 10.3. The molecule has 2 rings (SSSR count). The van der Waals surface area contributed by atoms with Gasteiger partial charge in [0.15, 0.2) is 0 Å². The molecule has 18 heavy (non-hydrogen) atoms. The van der Waals surface area contributed by atoms with E-state index in [0.29, 0.717) is 37.2 Å². The van der Waals surface area contributed by atoms with Gasteiger partial charge in [-0.05, 0) is 6.42 Å². The van der Waals surface area contributed by atoms with Gasteiger partial charge in [-0.15, -0.1) is 0 Å². The minimum atomic E-state index is -0.785. The van der Waals surface area contributed by atoms with E-state index in [-0.39, 0.29) is 5.92 Å². The molecule has 1 aliphatic rings. The molecule has 0 amide bonds. The van der Waals surface area contributed by atoms with Crippen LogP contribution in [0, 0.1) is 5.92 Å². The van der Waals surface area contributed by atoms with Crippen molar-refractivity contribution in [1.82, 2.24) is 9.97 Å². The van der Waals surface area contributed by atoms with E-state index in [4.69, 9.17) is 14.6 Å². The van der Waals surface area contributed by atoms with Crippen molar-refractivity contribution in [3.63, 3.8) is 0 Å². The van der Waals surface area contributed by atoms with E-state index < -0.39 is 5.97 Å². The fraction of sp³-hybridized carbons (Fsp3) is 0.545. The highest BCUT2D eigenvalue weighted by atomic mass is 16.5. The summed E-state index contributed by atoms with van der Waals surface area (Å²) in [5.41, 5.74) is 0. The Labute approximate surface area is 104 Å². The number of methoxy groups -OCH3 is 2. The van der Waals surface area contributed by atoms with Crippen molar-refractivity contribution in [1.29, 1.82) is 0 Å². The fourth-order valence-electron chi connectivity index (χ4n) is 1.89. The Morgan fingerprint density at radius 2 is 2.00 bits per heavy atom. The summed E-state index contributed by atoms with van der Waals surface area (Å²) in [5.74, 6) is 0.0827. The van der Waals surface area contributed by atoms with Crippen LogP contribution in [0.15, 0.2) is 6.07 Å². The lowest BCUT2D eigenvalue weighted by Gasteiger charge is -2.16. The van der Waals surface area contributed by atoms with Crippen molar-refractivity contribution < 1.29 is 19.4 Å². The molecule has 0 bridgehead atoms. The highest BCUT2D eigenvalue weighted by Gasteiger charge is 2.29. The Bertz CT molecular complexity index is 430. The number of carboxylic acids is 1. The minimum absolute atomic E-state index is 0.370. The van der Waals surface area contributed by atoms with Gasteiger partial charge in [-0.1, -0.05) is 0 Å². The molecule has 2 heterocycles. The van der Waals surface area contributed by atoms with E-state index in [9.17, 15) is 4.79 Å². The average molecular weight is 253 g/mol. The molecule has 0 spiro atoms. The Balaban J connectivity index is 2.20. The largest absolute Gasteiger partial charge is 0.481 e. The van der Waals surface area contributed by atoms with Crippen molar-refractivity contribution in [2.24, 2.45) is 5.92 Å². The van der Waals surface area contributed by atoms with Gasteiger partial charge in [-0.3, -0.25) is 4.79 Å². The Morgan fingerprint density at radius 1 is 1.39 bits per heavy atom. The molecule has 0 aliphatic carbocycles. The summed E-state index contributed by atoms with van der Waals surface area (Å²) >= 11 is 0. The van der Waals surface area contributed by atoms with Crippen molar-refractivity contribution >= 4 is 11.9 Å². The summed E-state index contributed by atoms with van der Waals surface area (Å²) in [5, 5.41) is 8.96. The van der Waals surface area contributed by atoms with Crippen LogP contribution in [0.2, 0.25) is 0 Å². The summed E-state index contributed by atoms with van der Waals surface area (Å²) in [6, 6.07) is 1.58. The number of rotatable bonds is 4. The summed E-state index contributed by atoms with van der Waals surface area (Å²) in [6.07, 6.45) is 0.595. The molecule has 0 radical (unpaired) electrons. The molecular weight excluding hydrogens is 238 g/mol. The number of aromatic nitrogens is 2. The molecular formula is C11H15N3O4. The Hall–Kier alpha value is -2.05. The third kappa shape index (κ3) is 2.44. The fourth-order valence-corrected chi connectivity index (χ4v) is 1.89. The number of aliphatic carboxylic acids is 1. The van der Waals surface area contributed by atoms with Crippen LogP contribution in [0.25, 0.3) is 0 Å². The minimum Gasteiger partial charge on any atom is -0.481 e. The van der Waals surface area contributed by atoms with Crippen LogP contribution in [0.4, 0.5) is 5.95 Å². The van der Waals surface area contributed by atoms with E-state index in [0.717, 1.165) is 0 Å². The predicted octanol–water partition coefficient (Wildman–Crippen LogP) is 0.405. The second-order valence-electron chi connectivity index (χ2n) is 4.02. The average Bonchev–Trinajstić information content (AvgIpc) is 2.87. The summed E-state index contributed by atoms with van der Waals surface area (Å²) in [4.78, 5) is 21.1. The number of hydrogen-bond donors (Lipinski definition) is 1. The molecule has 1 aliphatic heterocycles. The second-order valence-corrected chi connectivity index (χ2v) is 4.02.